The number of ether oxygens (including phenoxy) is 1. The molecule has 2 N–H and O–H groups in total. The molecule has 3 rings (SSSR count). The van der Waals surface area contributed by atoms with Gasteiger partial charge in [0.2, 0.25) is 0 Å². The topological polar surface area (TPSA) is 96.2 Å². The number of carboxylic acids is 2. The molecule has 24 heavy (non-hydrogen) atoms. The molecular formula is C18H13NO5. The van der Waals surface area contributed by atoms with Gasteiger partial charge in [-0.15, -0.1) is 0 Å². The summed E-state index contributed by atoms with van der Waals surface area (Å²) in [5, 5.41) is 18.4. The van der Waals surface area contributed by atoms with Crippen molar-refractivity contribution in [1.29, 1.82) is 0 Å². The number of carbonyl (C=O) groups is 2. The number of hydrogen-bond acceptors (Lipinski definition) is 4. The SMILES string of the molecule is O=C(O)c1cccc(Oc2ccc(C3=CCN=C3)cc2C(=O)O)c1. The van der Waals surface area contributed by atoms with Gasteiger partial charge in [0, 0.05) is 6.21 Å². The molecule has 0 radical (unpaired) electrons. The first kappa shape index (κ1) is 15.5. The van der Waals surface area contributed by atoms with Gasteiger partial charge < -0.3 is 14.9 Å². The Bertz CT molecular complexity index is 883. The zero-order valence-electron chi connectivity index (χ0n) is 12.5. The molecule has 0 atom stereocenters. The summed E-state index contributed by atoms with van der Waals surface area (Å²) >= 11 is 0. The van der Waals surface area contributed by atoms with Crippen LogP contribution in [0.5, 0.6) is 11.5 Å². The number of hydrogen-bond donors (Lipinski definition) is 2. The number of rotatable bonds is 5. The number of aliphatic imine (C=N–C) groups is 1. The number of benzene rings is 2. The van der Waals surface area contributed by atoms with Crippen LogP contribution in [-0.4, -0.2) is 34.9 Å². The molecule has 0 bridgehead atoms. The Balaban J connectivity index is 1.95. The maximum Gasteiger partial charge on any atom is 0.339 e. The van der Waals surface area contributed by atoms with E-state index < -0.39 is 11.9 Å². The van der Waals surface area contributed by atoms with Gasteiger partial charge in [-0.1, -0.05) is 18.2 Å². The van der Waals surface area contributed by atoms with Gasteiger partial charge in [0.1, 0.15) is 17.1 Å². The van der Waals surface area contributed by atoms with Gasteiger partial charge in [-0.3, -0.25) is 4.99 Å². The number of aromatic carboxylic acids is 2. The Hall–Kier alpha value is -3.41. The van der Waals surface area contributed by atoms with Crippen molar-refractivity contribution in [2.75, 3.05) is 6.54 Å². The van der Waals surface area contributed by atoms with Gasteiger partial charge in [-0.2, -0.15) is 0 Å². The van der Waals surface area contributed by atoms with Crippen LogP contribution in [0.25, 0.3) is 5.57 Å². The molecular weight excluding hydrogens is 310 g/mol. The third-order valence-electron chi connectivity index (χ3n) is 3.50. The van der Waals surface area contributed by atoms with Crippen molar-refractivity contribution in [2.45, 2.75) is 0 Å². The second-order valence-corrected chi connectivity index (χ2v) is 5.10. The van der Waals surface area contributed by atoms with Crippen molar-refractivity contribution in [3.8, 4) is 11.5 Å². The summed E-state index contributed by atoms with van der Waals surface area (Å²) in [6.07, 6.45) is 3.59. The van der Waals surface area contributed by atoms with Crippen LogP contribution in [0.15, 0.2) is 53.5 Å². The molecule has 1 aliphatic rings. The predicted octanol–water partition coefficient (Wildman–Crippen LogP) is 3.34. The molecule has 2 aromatic carbocycles. The van der Waals surface area contributed by atoms with Crippen LogP contribution in [0.4, 0.5) is 0 Å². The van der Waals surface area contributed by atoms with Gasteiger partial charge in [0.15, 0.2) is 0 Å². The second-order valence-electron chi connectivity index (χ2n) is 5.10. The van der Waals surface area contributed by atoms with Crippen LogP contribution in [0.2, 0.25) is 0 Å². The fraction of sp³-hybridized carbons (Fsp3) is 0.0556. The summed E-state index contributed by atoms with van der Waals surface area (Å²) in [4.78, 5) is 26.6. The van der Waals surface area contributed by atoms with Crippen molar-refractivity contribution >= 4 is 23.7 Å². The van der Waals surface area contributed by atoms with Gasteiger partial charge in [0.05, 0.1) is 12.1 Å². The van der Waals surface area contributed by atoms with E-state index in [0.717, 1.165) is 11.1 Å². The van der Waals surface area contributed by atoms with E-state index >= 15 is 0 Å². The van der Waals surface area contributed by atoms with Crippen molar-refractivity contribution in [3.63, 3.8) is 0 Å². The van der Waals surface area contributed by atoms with Crippen LogP contribution < -0.4 is 4.74 Å². The highest BCUT2D eigenvalue weighted by atomic mass is 16.5. The lowest BCUT2D eigenvalue weighted by atomic mass is 10.0. The molecule has 6 heteroatoms. The first-order chi connectivity index (χ1) is 11.5. The molecule has 0 fully saturated rings. The van der Waals surface area contributed by atoms with Crippen LogP contribution in [-0.2, 0) is 0 Å². The highest BCUT2D eigenvalue weighted by molar-refractivity contribution is 6.12. The van der Waals surface area contributed by atoms with Crippen LogP contribution in [0.3, 0.4) is 0 Å². The summed E-state index contributed by atoms with van der Waals surface area (Å²) in [7, 11) is 0. The van der Waals surface area contributed by atoms with Gasteiger partial charge in [0.25, 0.3) is 0 Å². The van der Waals surface area contributed by atoms with E-state index in [2.05, 4.69) is 4.99 Å². The zero-order chi connectivity index (χ0) is 17.1. The Kier molecular flexibility index (Phi) is 4.11. The van der Waals surface area contributed by atoms with Crippen molar-refractivity contribution in [1.82, 2.24) is 0 Å². The lowest BCUT2D eigenvalue weighted by molar-refractivity contribution is 0.0683. The van der Waals surface area contributed by atoms with E-state index in [1.807, 2.05) is 6.08 Å². The minimum atomic E-state index is -1.13. The van der Waals surface area contributed by atoms with Crippen molar-refractivity contribution < 1.29 is 24.5 Å². The summed E-state index contributed by atoms with van der Waals surface area (Å²) in [5.74, 6) is -1.81. The zero-order valence-corrected chi connectivity index (χ0v) is 12.5. The first-order valence-electron chi connectivity index (χ1n) is 7.13. The minimum absolute atomic E-state index is 0.00516. The molecule has 0 aromatic heterocycles. The Morgan fingerprint density at radius 3 is 2.54 bits per heavy atom. The van der Waals surface area contributed by atoms with Crippen LogP contribution >= 0.6 is 0 Å². The van der Waals surface area contributed by atoms with E-state index in [9.17, 15) is 14.7 Å². The van der Waals surface area contributed by atoms with Crippen molar-refractivity contribution in [3.05, 3.63) is 65.2 Å². The average molecular weight is 323 g/mol. The highest BCUT2D eigenvalue weighted by Gasteiger charge is 2.15. The summed E-state index contributed by atoms with van der Waals surface area (Å²) in [5.41, 5.74) is 1.65. The molecule has 0 aliphatic carbocycles. The smallest absolute Gasteiger partial charge is 0.339 e. The minimum Gasteiger partial charge on any atom is -0.478 e. The molecule has 0 unspecified atom stereocenters. The van der Waals surface area contributed by atoms with Crippen molar-refractivity contribution in [2.24, 2.45) is 4.99 Å². The van der Waals surface area contributed by atoms with Gasteiger partial charge >= 0.3 is 11.9 Å². The third-order valence-corrected chi connectivity index (χ3v) is 3.50. The van der Waals surface area contributed by atoms with Crippen LogP contribution in [0, 0.1) is 0 Å². The molecule has 120 valence electrons. The van der Waals surface area contributed by atoms with E-state index in [0.29, 0.717) is 6.54 Å². The molecule has 0 saturated heterocycles. The average Bonchev–Trinajstić information content (AvgIpc) is 3.09. The summed E-state index contributed by atoms with van der Waals surface area (Å²) < 4.78 is 5.58. The van der Waals surface area contributed by atoms with Gasteiger partial charge in [-0.25, -0.2) is 9.59 Å². The Morgan fingerprint density at radius 2 is 1.88 bits per heavy atom. The maximum absolute atomic E-state index is 11.5. The highest BCUT2D eigenvalue weighted by Crippen LogP contribution is 2.29. The van der Waals surface area contributed by atoms with E-state index in [1.165, 1.54) is 24.3 Å². The fourth-order valence-corrected chi connectivity index (χ4v) is 2.33. The number of nitrogens with zero attached hydrogens (tertiary/aromatic N) is 1. The number of carboxylic acid groups (broad SMARTS) is 2. The lowest BCUT2D eigenvalue weighted by Crippen LogP contribution is -2.02. The molecule has 6 nitrogen and oxygen atoms in total. The second kappa shape index (κ2) is 6.37. The quantitative estimate of drug-likeness (QED) is 0.879. The van der Waals surface area contributed by atoms with E-state index in [4.69, 9.17) is 9.84 Å². The predicted molar refractivity (Wildman–Crippen MR) is 88.2 cm³/mol. The number of allylic oxidation sites excluding steroid dienone is 1. The molecule has 0 saturated carbocycles. The Labute approximate surface area is 137 Å². The van der Waals surface area contributed by atoms with Crippen LogP contribution in [0.1, 0.15) is 26.3 Å². The monoisotopic (exact) mass is 323 g/mol. The largest absolute Gasteiger partial charge is 0.478 e. The van der Waals surface area contributed by atoms with Gasteiger partial charge in [-0.05, 0) is 41.5 Å². The molecule has 1 aliphatic heterocycles. The molecule has 0 amide bonds. The first-order valence-corrected chi connectivity index (χ1v) is 7.13. The standard InChI is InChI=1S/C18H13NO5/c20-17(21)12-2-1-3-14(8-12)24-16-5-4-11(9-15(16)18(22)23)13-6-7-19-10-13/h1-6,8-10H,7H2,(H,20,21)(H,22,23). The molecule has 2 aromatic rings. The molecule has 0 spiro atoms. The normalized spacial score (nSPS) is 12.8. The Morgan fingerprint density at radius 1 is 1.04 bits per heavy atom. The summed E-state index contributed by atoms with van der Waals surface area (Å²) in [6.45, 7) is 0.581. The lowest BCUT2D eigenvalue weighted by Gasteiger charge is -2.11. The fourth-order valence-electron chi connectivity index (χ4n) is 2.33. The third kappa shape index (κ3) is 3.17. The summed E-state index contributed by atoms with van der Waals surface area (Å²) in [6, 6.07) is 10.7. The van der Waals surface area contributed by atoms with E-state index in [1.54, 1.807) is 24.4 Å². The van der Waals surface area contributed by atoms with E-state index in [-0.39, 0.29) is 22.6 Å². The maximum atomic E-state index is 11.5. The molecule has 1 heterocycles.